The fraction of sp³-hybridized carbons (Fsp3) is 0.769. The molecule has 0 aliphatic carbocycles. The van der Waals surface area contributed by atoms with E-state index in [4.69, 9.17) is 0 Å². The summed E-state index contributed by atoms with van der Waals surface area (Å²) in [5.41, 5.74) is 0. The van der Waals surface area contributed by atoms with Gasteiger partial charge in [-0.2, -0.15) is 0 Å². The average Bonchev–Trinajstić information content (AvgIpc) is 2.87. The molecule has 2 aliphatic rings. The van der Waals surface area contributed by atoms with E-state index in [9.17, 15) is 22.8 Å². The van der Waals surface area contributed by atoms with Crippen molar-refractivity contribution < 1.29 is 22.8 Å². The molecule has 1 atom stereocenters. The third-order valence-corrected chi connectivity index (χ3v) is 5.93. The highest BCUT2D eigenvalue weighted by Gasteiger charge is 2.37. The summed E-state index contributed by atoms with van der Waals surface area (Å²) in [6.45, 7) is 3.51. The van der Waals surface area contributed by atoms with Crippen molar-refractivity contribution in [2.45, 2.75) is 19.4 Å². The maximum atomic E-state index is 12.4. The molecule has 9 heteroatoms. The fourth-order valence-electron chi connectivity index (χ4n) is 2.88. The fourth-order valence-corrected chi connectivity index (χ4v) is 4.61. The Balaban J connectivity index is 1.99. The lowest BCUT2D eigenvalue weighted by atomic mass is 10.2. The molecule has 2 fully saturated rings. The summed E-state index contributed by atoms with van der Waals surface area (Å²) in [6, 6.07) is -0.414. The largest absolute Gasteiger partial charge is 0.342 e. The number of nitrogens with zero attached hydrogens (tertiary/aromatic N) is 3. The standard InChI is InChI=1S/C13H21N3O5S/c1-2-16(11-3-8-22(20,21)9-11)13(19)12(18)15-6-4-14(10-17)5-7-15/h10-11H,2-9H2,1H3. The monoisotopic (exact) mass is 331 g/mol. The maximum Gasteiger partial charge on any atom is 0.312 e. The van der Waals surface area contributed by atoms with Crippen LogP contribution in [0.5, 0.6) is 0 Å². The molecule has 0 N–H and O–H groups in total. The van der Waals surface area contributed by atoms with E-state index < -0.39 is 27.7 Å². The molecule has 0 saturated carbocycles. The lowest BCUT2D eigenvalue weighted by Crippen LogP contribution is -2.54. The van der Waals surface area contributed by atoms with Crippen LogP contribution in [-0.4, -0.2) is 91.6 Å². The first-order chi connectivity index (χ1) is 10.4. The molecule has 0 radical (unpaired) electrons. The zero-order valence-corrected chi connectivity index (χ0v) is 13.4. The van der Waals surface area contributed by atoms with Crippen LogP contribution >= 0.6 is 0 Å². The minimum Gasteiger partial charge on any atom is -0.342 e. The number of carbonyl (C=O) groups excluding carboxylic acids is 3. The van der Waals surface area contributed by atoms with E-state index in [-0.39, 0.29) is 11.5 Å². The van der Waals surface area contributed by atoms with E-state index in [0.29, 0.717) is 39.1 Å². The first kappa shape index (κ1) is 16.7. The predicted octanol–water partition coefficient (Wildman–Crippen LogP) is -1.68. The molecule has 8 nitrogen and oxygen atoms in total. The van der Waals surface area contributed by atoms with Gasteiger partial charge in [0.1, 0.15) is 0 Å². The van der Waals surface area contributed by atoms with E-state index >= 15 is 0 Å². The molecule has 124 valence electrons. The number of hydrogen-bond donors (Lipinski definition) is 0. The van der Waals surface area contributed by atoms with Gasteiger partial charge in [-0.3, -0.25) is 14.4 Å². The molecule has 0 aromatic rings. The van der Waals surface area contributed by atoms with Crippen LogP contribution in [0.15, 0.2) is 0 Å². The van der Waals surface area contributed by atoms with Gasteiger partial charge in [0.15, 0.2) is 9.84 Å². The summed E-state index contributed by atoms with van der Waals surface area (Å²) in [7, 11) is -3.11. The molecule has 0 spiro atoms. The second kappa shape index (κ2) is 6.64. The van der Waals surface area contributed by atoms with Crippen LogP contribution in [0.25, 0.3) is 0 Å². The Morgan fingerprint density at radius 3 is 2.32 bits per heavy atom. The molecule has 2 heterocycles. The van der Waals surface area contributed by atoms with Gasteiger partial charge in [0, 0.05) is 38.8 Å². The van der Waals surface area contributed by atoms with Gasteiger partial charge >= 0.3 is 11.8 Å². The number of rotatable bonds is 3. The topological polar surface area (TPSA) is 95.1 Å². The Labute approximate surface area is 129 Å². The Bertz CT molecular complexity index is 554. The van der Waals surface area contributed by atoms with Crippen molar-refractivity contribution in [2.75, 3.05) is 44.2 Å². The average molecular weight is 331 g/mol. The van der Waals surface area contributed by atoms with Crippen molar-refractivity contribution in [1.29, 1.82) is 0 Å². The molecular weight excluding hydrogens is 310 g/mol. The lowest BCUT2D eigenvalue weighted by Gasteiger charge is -2.34. The highest BCUT2D eigenvalue weighted by Crippen LogP contribution is 2.18. The quantitative estimate of drug-likeness (QED) is 0.455. The van der Waals surface area contributed by atoms with Crippen molar-refractivity contribution in [3.63, 3.8) is 0 Å². The maximum absolute atomic E-state index is 12.4. The Morgan fingerprint density at radius 1 is 1.23 bits per heavy atom. The van der Waals surface area contributed by atoms with E-state index in [1.165, 1.54) is 9.80 Å². The van der Waals surface area contributed by atoms with E-state index in [1.54, 1.807) is 11.8 Å². The Morgan fingerprint density at radius 2 is 1.86 bits per heavy atom. The van der Waals surface area contributed by atoms with Crippen molar-refractivity contribution in [3.8, 4) is 0 Å². The van der Waals surface area contributed by atoms with Crippen molar-refractivity contribution in [1.82, 2.24) is 14.7 Å². The van der Waals surface area contributed by atoms with Crippen LogP contribution in [0.1, 0.15) is 13.3 Å². The molecule has 0 aromatic heterocycles. The molecule has 0 aromatic carbocycles. The van der Waals surface area contributed by atoms with Crippen LogP contribution in [0, 0.1) is 0 Å². The molecule has 22 heavy (non-hydrogen) atoms. The van der Waals surface area contributed by atoms with Gasteiger partial charge in [-0.05, 0) is 13.3 Å². The SMILES string of the molecule is CCN(C(=O)C(=O)N1CCN(C=O)CC1)C1CCS(=O)(=O)C1. The molecule has 1 unspecified atom stereocenters. The molecule has 2 saturated heterocycles. The van der Waals surface area contributed by atoms with Gasteiger partial charge in [0.2, 0.25) is 6.41 Å². The van der Waals surface area contributed by atoms with Crippen molar-refractivity contribution in [2.24, 2.45) is 0 Å². The molecule has 2 rings (SSSR count). The van der Waals surface area contributed by atoms with Crippen LogP contribution < -0.4 is 0 Å². The third kappa shape index (κ3) is 3.57. The number of piperazine rings is 1. The van der Waals surface area contributed by atoms with Gasteiger partial charge in [-0.15, -0.1) is 0 Å². The number of carbonyl (C=O) groups is 3. The summed E-state index contributed by atoms with van der Waals surface area (Å²) in [5.74, 6) is -1.27. The second-order valence-electron chi connectivity index (χ2n) is 5.58. The summed E-state index contributed by atoms with van der Waals surface area (Å²) in [4.78, 5) is 39.7. The zero-order valence-electron chi connectivity index (χ0n) is 12.6. The minimum absolute atomic E-state index is 0.0631. The summed E-state index contributed by atoms with van der Waals surface area (Å²) in [5, 5.41) is 0. The normalized spacial score (nSPS) is 24.1. The minimum atomic E-state index is -3.11. The van der Waals surface area contributed by atoms with Gasteiger partial charge in [-0.1, -0.05) is 0 Å². The third-order valence-electron chi connectivity index (χ3n) is 4.18. The highest BCUT2D eigenvalue weighted by atomic mass is 32.2. The predicted molar refractivity (Wildman–Crippen MR) is 78.7 cm³/mol. The van der Waals surface area contributed by atoms with E-state index in [1.807, 2.05) is 0 Å². The first-order valence-electron chi connectivity index (χ1n) is 7.37. The van der Waals surface area contributed by atoms with Gasteiger partial charge in [0.05, 0.1) is 11.5 Å². The van der Waals surface area contributed by atoms with Gasteiger partial charge in [-0.25, -0.2) is 8.42 Å². The summed E-state index contributed by atoms with van der Waals surface area (Å²) < 4.78 is 23.1. The van der Waals surface area contributed by atoms with Gasteiger partial charge in [0.25, 0.3) is 0 Å². The van der Waals surface area contributed by atoms with Gasteiger partial charge < -0.3 is 14.7 Å². The number of likely N-dealkylation sites (N-methyl/N-ethyl adjacent to an activating group) is 1. The highest BCUT2D eigenvalue weighted by molar-refractivity contribution is 7.91. The van der Waals surface area contributed by atoms with Crippen LogP contribution in [0.2, 0.25) is 0 Å². The van der Waals surface area contributed by atoms with E-state index in [2.05, 4.69) is 0 Å². The Hall–Kier alpha value is -1.64. The first-order valence-corrected chi connectivity index (χ1v) is 9.19. The van der Waals surface area contributed by atoms with Crippen molar-refractivity contribution in [3.05, 3.63) is 0 Å². The van der Waals surface area contributed by atoms with Crippen LogP contribution in [-0.2, 0) is 24.2 Å². The number of hydrogen-bond acceptors (Lipinski definition) is 5. The smallest absolute Gasteiger partial charge is 0.312 e. The van der Waals surface area contributed by atoms with Crippen LogP contribution in [0.3, 0.4) is 0 Å². The summed E-state index contributed by atoms with van der Waals surface area (Å²) >= 11 is 0. The number of amides is 3. The molecule has 3 amide bonds. The zero-order chi connectivity index (χ0) is 16.3. The van der Waals surface area contributed by atoms with E-state index in [0.717, 1.165) is 6.41 Å². The molecular formula is C13H21N3O5S. The van der Waals surface area contributed by atoms with Crippen molar-refractivity contribution >= 4 is 28.1 Å². The van der Waals surface area contributed by atoms with Crippen LogP contribution in [0.4, 0.5) is 0 Å². The molecule has 0 bridgehead atoms. The molecule has 2 aliphatic heterocycles. The number of sulfone groups is 1. The second-order valence-corrected chi connectivity index (χ2v) is 7.81. The lowest BCUT2D eigenvalue weighted by molar-refractivity contribution is -0.154. The Kier molecular flexibility index (Phi) is 5.05. The summed E-state index contributed by atoms with van der Waals surface area (Å²) in [6.07, 6.45) is 1.11.